The first-order chi connectivity index (χ1) is 11.9. The summed E-state index contributed by atoms with van der Waals surface area (Å²) in [5.41, 5.74) is 4.09. The number of phenols is 1. The largest absolute Gasteiger partial charge is 0.507 e. The number of benzene rings is 2. The van der Waals surface area contributed by atoms with Crippen LogP contribution in [0.5, 0.6) is 5.75 Å². The maximum absolute atomic E-state index is 12.1. The first-order valence-corrected chi connectivity index (χ1v) is 7.21. The number of phenolic OH excluding ortho intramolecular Hbond substituents is 1. The van der Waals surface area contributed by atoms with Crippen LogP contribution in [0.15, 0.2) is 41.5 Å². The molecule has 3 N–H and O–H groups in total. The van der Waals surface area contributed by atoms with Crippen molar-refractivity contribution in [3.05, 3.63) is 63.5 Å². The molecule has 0 spiro atoms. The fourth-order valence-electron chi connectivity index (χ4n) is 2.26. The Morgan fingerprint density at radius 1 is 1.36 bits per heavy atom. The van der Waals surface area contributed by atoms with Gasteiger partial charge in [0.05, 0.1) is 22.2 Å². The van der Waals surface area contributed by atoms with Crippen LogP contribution in [0.1, 0.15) is 21.7 Å². The Balaban J connectivity index is 1.75. The number of nitrogens with one attached hydrogen (secondary N) is 2. The van der Waals surface area contributed by atoms with Gasteiger partial charge in [-0.05, 0) is 31.2 Å². The highest BCUT2D eigenvalue weighted by molar-refractivity contribution is 5.98. The number of H-pyrrole nitrogens is 1. The number of nitro groups is 1. The number of aromatic amines is 1. The number of aromatic nitrogens is 2. The van der Waals surface area contributed by atoms with Gasteiger partial charge >= 0.3 is 0 Å². The Labute approximate surface area is 141 Å². The summed E-state index contributed by atoms with van der Waals surface area (Å²) in [7, 11) is 0. The minimum Gasteiger partial charge on any atom is -0.507 e. The van der Waals surface area contributed by atoms with Crippen LogP contribution < -0.4 is 5.43 Å². The lowest BCUT2D eigenvalue weighted by atomic mass is 10.2. The molecule has 0 aliphatic rings. The zero-order chi connectivity index (χ0) is 18.0. The van der Waals surface area contributed by atoms with Crippen LogP contribution in [0.2, 0.25) is 0 Å². The van der Waals surface area contributed by atoms with Crippen LogP contribution in [-0.4, -0.2) is 32.1 Å². The number of hydrogen-bond acceptors (Lipinski definition) is 6. The van der Waals surface area contributed by atoms with E-state index in [1.54, 1.807) is 18.2 Å². The molecule has 0 bridgehead atoms. The lowest BCUT2D eigenvalue weighted by Gasteiger charge is -2.01. The number of fused-ring (bicyclic) bond motifs is 1. The maximum Gasteiger partial charge on any atom is 0.271 e. The third-order valence-electron chi connectivity index (χ3n) is 3.45. The maximum atomic E-state index is 12.1. The van der Waals surface area contributed by atoms with E-state index in [0.29, 0.717) is 5.56 Å². The molecular weight excluding hydrogens is 326 g/mol. The van der Waals surface area contributed by atoms with Gasteiger partial charge in [-0.15, -0.1) is 0 Å². The minimum atomic E-state index is -0.586. The summed E-state index contributed by atoms with van der Waals surface area (Å²) in [6.45, 7) is 1.82. The molecule has 0 fully saturated rings. The Bertz CT molecular complexity index is 1010. The highest BCUT2D eigenvalue weighted by Crippen LogP contribution is 2.21. The van der Waals surface area contributed by atoms with Crippen molar-refractivity contribution in [2.24, 2.45) is 5.10 Å². The van der Waals surface area contributed by atoms with Crippen molar-refractivity contribution in [2.45, 2.75) is 6.92 Å². The molecule has 9 heteroatoms. The monoisotopic (exact) mass is 339 g/mol. The predicted octanol–water partition coefficient (Wildman–Crippen LogP) is 2.25. The standard InChI is InChI=1S/C16H13N5O4/c1-9-18-13-4-2-10(7-14(13)19-9)16(23)20-17-8-11-6-12(21(24)25)3-5-15(11)22/h2-8,22H,1H3,(H,18,19)(H,20,23)/b17-8-. The fraction of sp³-hybridized carbons (Fsp3) is 0.0625. The summed E-state index contributed by atoms with van der Waals surface area (Å²) in [5, 5.41) is 24.2. The van der Waals surface area contributed by atoms with E-state index < -0.39 is 10.8 Å². The summed E-state index contributed by atoms with van der Waals surface area (Å²) >= 11 is 0. The molecule has 2 aromatic carbocycles. The number of imidazole rings is 1. The van der Waals surface area contributed by atoms with Crippen molar-refractivity contribution in [2.75, 3.05) is 0 Å². The topological polar surface area (TPSA) is 134 Å². The molecule has 1 heterocycles. The third-order valence-corrected chi connectivity index (χ3v) is 3.45. The Kier molecular flexibility index (Phi) is 4.12. The number of aromatic hydroxyl groups is 1. The summed E-state index contributed by atoms with van der Waals surface area (Å²) in [6.07, 6.45) is 1.14. The van der Waals surface area contributed by atoms with Gasteiger partial charge in [-0.3, -0.25) is 14.9 Å². The van der Waals surface area contributed by atoms with E-state index in [1.807, 2.05) is 6.92 Å². The van der Waals surface area contributed by atoms with Crippen molar-refractivity contribution >= 4 is 28.8 Å². The summed E-state index contributed by atoms with van der Waals surface area (Å²) < 4.78 is 0. The van der Waals surface area contributed by atoms with Gasteiger partial charge in [0.25, 0.3) is 11.6 Å². The van der Waals surface area contributed by atoms with E-state index in [2.05, 4.69) is 20.5 Å². The summed E-state index contributed by atoms with van der Waals surface area (Å²) in [6, 6.07) is 8.49. The smallest absolute Gasteiger partial charge is 0.271 e. The SMILES string of the molecule is Cc1nc2ccc(C(=O)N/N=C\c3cc([N+](=O)[O-])ccc3O)cc2[nH]1. The zero-order valence-corrected chi connectivity index (χ0v) is 13.1. The van der Waals surface area contributed by atoms with Gasteiger partial charge in [-0.1, -0.05) is 0 Å². The van der Waals surface area contributed by atoms with E-state index in [-0.39, 0.29) is 17.0 Å². The van der Waals surface area contributed by atoms with Crippen LogP contribution in [0.4, 0.5) is 5.69 Å². The van der Waals surface area contributed by atoms with Gasteiger partial charge in [-0.25, -0.2) is 10.4 Å². The number of rotatable bonds is 4. The molecule has 0 radical (unpaired) electrons. The number of nitrogens with zero attached hydrogens (tertiary/aromatic N) is 3. The molecule has 0 aliphatic heterocycles. The molecule has 0 aliphatic carbocycles. The quantitative estimate of drug-likeness (QED) is 0.381. The van der Waals surface area contributed by atoms with E-state index in [9.17, 15) is 20.0 Å². The average Bonchev–Trinajstić information content (AvgIpc) is 2.95. The number of non-ortho nitro benzene ring substituents is 1. The molecule has 126 valence electrons. The first kappa shape index (κ1) is 16.1. The van der Waals surface area contributed by atoms with Crippen molar-refractivity contribution in [3.63, 3.8) is 0 Å². The lowest BCUT2D eigenvalue weighted by molar-refractivity contribution is -0.384. The molecule has 1 aromatic heterocycles. The number of aryl methyl sites for hydroxylation is 1. The molecule has 3 rings (SSSR count). The number of hydrogen-bond donors (Lipinski definition) is 3. The second kappa shape index (κ2) is 6.40. The van der Waals surface area contributed by atoms with Crippen LogP contribution >= 0.6 is 0 Å². The van der Waals surface area contributed by atoms with Gasteiger partial charge in [0, 0.05) is 23.3 Å². The Morgan fingerprint density at radius 2 is 2.16 bits per heavy atom. The van der Waals surface area contributed by atoms with E-state index >= 15 is 0 Å². The van der Waals surface area contributed by atoms with Crippen molar-refractivity contribution in [3.8, 4) is 5.75 Å². The van der Waals surface area contributed by atoms with Gasteiger partial charge in [-0.2, -0.15) is 5.10 Å². The van der Waals surface area contributed by atoms with Crippen molar-refractivity contribution in [1.82, 2.24) is 15.4 Å². The predicted molar refractivity (Wildman–Crippen MR) is 90.7 cm³/mol. The lowest BCUT2D eigenvalue weighted by Crippen LogP contribution is -2.17. The Hall–Kier alpha value is -3.75. The van der Waals surface area contributed by atoms with E-state index in [4.69, 9.17) is 0 Å². The molecular formula is C16H13N5O4. The van der Waals surface area contributed by atoms with Gasteiger partial charge < -0.3 is 10.1 Å². The highest BCUT2D eigenvalue weighted by atomic mass is 16.6. The van der Waals surface area contributed by atoms with Gasteiger partial charge in [0.2, 0.25) is 0 Å². The third kappa shape index (κ3) is 3.44. The highest BCUT2D eigenvalue weighted by Gasteiger charge is 2.10. The van der Waals surface area contributed by atoms with Crippen molar-refractivity contribution < 1.29 is 14.8 Å². The normalized spacial score (nSPS) is 11.1. The fourth-order valence-corrected chi connectivity index (χ4v) is 2.26. The summed E-state index contributed by atoms with van der Waals surface area (Å²) in [4.78, 5) is 29.6. The van der Waals surface area contributed by atoms with Crippen molar-refractivity contribution in [1.29, 1.82) is 0 Å². The summed E-state index contributed by atoms with van der Waals surface area (Å²) in [5.74, 6) is 0.0972. The molecule has 1 amide bonds. The van der Waals surface area contributed by atoms with E-state index in [1.165, 1.54) is 12.1 Å². The van der Waals surface area contributed by atoms with E-state index in [0.717, 1.165) is 29.1 Å². The Morgan fingerprint density at radius 3 is 2.92 bits per heavy atom. The number of hydrazone groups is 1. The van der Waals surface area contributed by atoms with Crippen LogP contribution in [0.25, 0.3) is 11.0 Å². The second-order valence-corrected chi connectivity index (χ2v) is 5.25. The van der Waals surface area contributed by atoms with Gasteiger partial charge in [0.15, 0.2) is 0 Å². The minimum absolute atomic E-state index is 0.120. The number of amides is 1. The number of carbonyl (C=O) groups is 1. The molecule has 0 saturated heterocycles. The van der Waals surface area contributed by atoms with Gasteiger partial charge in [0.1, 0.15) is 11.6 Å². The molecule has 0 unspecified atom stereocenters. The molecule has 25 heavy (non-hydrogen) atoms. The zero-order valence-electron chi connectivity index (χ0n) is 13.1. The van der Waals surface area contributed by atoms with Crippen LogP contribution in [0, 0.1) is 17.0 Å². The molecule has 0 atom stereocenters. The van der Waals surface area contributed by atoms with Crippen LogP contribution in [0.3, 0.4) is 0 Å². The second-order valence-electron chi connectivity index (χ2n) is 5.25. The number of nitro benzene ring substituents is 1. The number of carbonyl (C=O) groups excluding carboxylic acids is 1. The first-order valence-electron chi connectivity index (χ1n) is 7.21. The van der Waals surface area contributed by atoms with Crippen LogP contribution in [-0.2, 0) is 0 Å². The molecule has 9 nitrogen and oxygen atoms in total. The molecule has 3 aromatic rings. The average molecular weight is 339 g/mol. The molecule has 0 saturated carbocycles.